The Labute approximate surface area is 177 Å². The van der Waals surface area contributed by atoms with E-state index in [2.05, 4.69) is 11.0 Å². The van der Waals surface area contributed by atoms with Crippen molar-refractivity contribution in [2.24, 2.45) is 0 Å². The number of carbonyl (C=O) groups is 1. The fraction of sp³-hybridized carbons (Fsp3) is 0.600. The Morgan fingerprint density at radius 2 is 2.03 bits per heavy atom. The first-order valence-corrected chi connectivity index (χ1v) is 11.9. The van der Waals surface area contributed by atoms with Gasteiger partial charge in [0.15, 0.2) is 0 Å². The molecule has 1 amide bonds. The van der Waals surface area contributed by atoms with Crippen molar-refractivity contribution in [1.82, 2.24) is 14.1 Å². The number of carbonyl (C=O) groups excluding carboxylic acids is 1. The van der Waals surface area contributed by atoms with Crippen molar-refractivity contribution in [1.29, 1.82) is 5.26 Å². The van der Waals surface area contributed by atoms with Crippen LogP contribution >= 0.6 is 0 Å². The number of benzene rings is 1. The Morgan fingerprint density at radius 3 is 2.73 bits per heavy atom. The number of sulfonamides is 1. The maximum atomic E-state index is 13.0. The molecule has 0 radical (unpaired) electrons. The lowest BCUT2D eigenvalue weighted by atomic mass is 10.1. The third-order valence-corrected chi connectivity index (χ3v) is 6.59. The predicted molar refractivity (Wildman–Crippen MR) is 110 cm³/mol. The van der Waals surface area contributed by atoms with Gasteiger partial charge in [0.05, 0.1) is 37.7 Å². The first-order chi connectivity index (χ1) is 14.4. The number of ether oxygens (including phenoxy) is 2. The summed E-state index contributed by atoms with van der Waals surface area (Å²) in [4.78, 5) is 16.8. The summed E-state index contributed by atoms with van der Waals surface area (Å²) in [5, 5.41) is 8.95. The van der Waals surface area contributed by atoms with Crippen molar-refractivity contribution in [3.63, 3.8) is 0 Å². The highest BCUT2D eigenvalue weighted by Gasteiger charge is 2.39. The van der Waals surface area contributed by atoms with Crippen LogP contribution in [0.4, 0.5) is 0 Å². The molecular formula is C20H28N4O5S. The molecule has 3 rings (SSSR count). The highest BCUT2D eigenvalue weighted by molar-refractivity contribution is 7.88. The second-order valence-corrected chi connectivity index (χ2v) is 9.40. The maximum Gasteiger partial charge on any atom is 0.242 e. The molecule has 164 valence electrons. The summed E-state index contributed by atoms with van der Waals surface area (Å²) >= 11 is 0. The second kappa shape index (κ2) is 10.2. The molecular weight excluding hydrogens is 408 g/mol. The van der Waals surface area contributed by atoms with Crippen LogP contribution in [0.3, 0.4) is 0 Å². The number of nitriles is 1. The molecule has 9 nitrogen and oxygen atoms in total. The SMILES string of the molecule is CS(=O)(=O)N1CCN(CCCOc2cccc(C#N)c2)CC1C(=O)N1CCOCC1. The summed E-state index contributed by atoms with van der Waals surface area (Å²) in [5.41, 5.74) is 0.550. The molecule has 2 aliphatic rings. The molecule has 10 heteroatoms. The summed E-state index contributed by atoms with van der Waals surface area (Å²) in [6, 6.07) is 8.38. The molecule has 0 spiro atoms. The minimum absolute atomic E-state index is 0.155. The number of morpholine rings is 1. The number of hydrogen-bond acceptors (Lipinski definition) is 7. The Kier molecular flexibility index (Phi) is 7.66. The third kappa shape index (κ3) is 5.92. The van der Waals surface area contributed by atoms with Gasteiger partial charge in [0.25, 0.3) is 0 Å². The average Bonchev–Trinajstić information content (AvgIpc) is 2.76. The molecule has 0 aromatic heterocycles. The quantitative estimate of drug-likeness (QED) is 0.560. The number of nitrogens with zero attached hydrogens (tertiary/aromatic N) is 4. The molecule has 0 N–H and O–H groups in total. The van der Waals surface area contributed by atoms with Gasteiger partial charge in [0, 0.05) is 39.3 Å². The van der Waals surface area contributed by atoms with Crippen molar-refractivity contribution in [2.75, 3.05) is 65.3 Å². The summed E-state index contributed by atoms with van der Waals surface area (Å²) in [6.07, 6.45) is 1.89. The molecule has 1 aromatic carbocycles. The van der Waals surface area contributed by atoms with E-state index < -0.39 is 16.1 Å². The lowest BCUT2D eigenvalue weighted by Gasteiger charge is -2.41. The maximum absolute atomic E-state index is 13.0. The van der Waals surface area contributed by atoms with E-state index in [1.807, 2.05) is 6.07 Å². The van der Waals surface area contributed by atoms with Gasteiger partial charge in [-0.15, -0.1) is 0 Å². The van der Waals surface area contributed by atoms with E-state index in [4.69, 9.17) is 14.7 Å². The molecule has 2 heterocycles. The topological polar surface area (TPSA) is 103 Å². The normalized spacial score (nSPS) is 21.2. The highest BCUT2D eigenvalue weighted by atomic mass is 32.2. The second-order valence-electron chi connectivity index (χ2n) is 7.47. The zero-order chi connectivity index (χ0) is 21.6. The van der Waals surface area contributed by atoms with Gasteiger partial charge in [-0.3, -0.25) is 9.69 Å². The van der Waals surface area contributed by atoms with E-state index in [0.717, 1.165) is 12.7 Å². The Hall–Kier alpha value is -2.19. The van der Waals surface area contributed by atoms with Crippen molar-refractivity contribution in [3.05, 3.63) is 29.8 Å². The molecule has 2 saturated heterocycles. The van der Waals surface area contributed by atoms with Gasteiger partial charge in [0.2, 0.25) is 15.9 Å². The highest BCUT2D eigenvalue weighted by Crippen LogP contribution is 2.18. The first-order valence-electron chi connectivity index (χ1n) is 10.1. The predicted octanol–water partition coefficient (Wildman–Crippen LogP) is 0.132. The molecule has 0 aliphatic carbocycles. The van der Waals surface area contributed by atoms with Gasteiger partial charge in [0.1, 0.15) is 11.8 Å². The number of amides is 1. The summed E-state index contributed by atoms with van der Waals surface area (Å²) in [5.74, 6) is 0.495. The average molecular weight is 437 g/mol. The Balaban J connectivity index is 1.55. The van der Waals surface area contributed by atoms with E-state index in [0.29, 0.717) is 70.4 Å². The van der Waals surface area contributed by atoms with Gasteiger partial charge in [-0.25, -0.2) is 8.42 Å². The van der Waals surface area contributed by atoms with Crippen LogP contribution in [0.15, 0.2) is 24.3 Å². The van der Waals surface area contributed by atoms with Crippen LogP contribution in [0.5, 0.6) is 5.75 Å². The minimum atomic E-state index is -3.47. The smallest absolute Gasteiger partial charge is 0.242 e. The van der Waals surface area contributed by atoms with Crippen LogP contribution in [-0.2, 0) is 19.6 Å². The van der Waals surface area contributed by atoms with Crippen LogP contribution in [0, 0.1) is 11.3 Å². The number of piperazine rings is 1. The molecule has 0 bridgehead atoms. The zero-order valence-corrected chi connectivity index (χ0v) is 18.0. The Morgan fingerprint density at radius 1 is 1.27 bits per heavy atom. The van der Waals surface area contributed by atoms with Crippen molar-refractivity contribution >= 4 is 15.9 Å². The monoisotopic (exact) mass is 436 g/mol. The summed E-state index contributed by atoms with van der Waals surface area (Å²) in [6.45, 7) is 4.34. The van der Waals surface area contributed by atoms with Crippen molar-refractivity contribution in [3.8, 4) is 11.8 Å². The van der Waals surface area contributed by atoms with Gasteiger partial charge < -0.3 is 14.4 Å². The number of hydrogen-bond donors (Lipinski definition) is 0. The molecule has 1 unspecified atom stereocenters. The lowest BCUT2D eigenvalue weighted by molar-refractivity contribution is -0.141. The van der Waals surface area contributed by atoms with E-state index in [1.54, 1.807) is 23.1 Å². The van der Waals surface area contributed by atoms with E-state index in [9.17, 15) is 13.2 Å². The van der Waals surface area contributed by atoms with Crippen LogP contribution in [-0.4, -0.2) is 99.8 Å². The van der Waals surface area contributed by atoms with Crippen molar-refractivity contribution in [2.45, 2.75) is 12.5 Å². The third-order valence-electron chi connectivity index (χ3n) is 5.30. The lowest BCUT2D eigenvalue weighted by Crippen LogP contribution is -2.61. The van der Waals surface area contributed by atoms with E-state index in [-0.39, 0.29) is 5.91 Å². The minimum Gasteiger partial charge on any atom is -0.494 e. The fourth-order valence-electron chi connectivity index (χ4n) is 3.75. The van der Waals surface area contributed by atoms with Crippen LogP contribution in [0.25, 0.3) is 0 Å². The van der Waals surface area contributed by atoms with Gasteiger partial charge in [-0.1, -0.05) is 6.07 Å². The van der Waals surface area contributed by atoms with E-state index >= 15 is 0 Å². The van der Waals surface area contributed by atoms with Crippen LogP contribution in [0.1, 0.15) is 12.0 Å². The van der Waals surface area contributed by atoms with Gasteiger partial charge in [-0.05, 0) is 24.6 Å². The molecule has 0 saturated carbocycles. The molecule has 1 atom stereocenters. The molecule has 30 heavy (non-hydrogen) atoms. The zero-order valence-electron chi connectivity index (χ0n) is 17.2. The Bertz CT molecular complexity index is 879. The van der Waals surface area contributed by atoms with Gasteiger partial charge >= 0.3 is 0 Å². The number of rotatable bonds is 7. The summed E-state index contributed by atoms with van der Waals surface area (Å²) < 4.78 is 36.8. The molecule has 2 aliphatic heterocycles. The van der Waals surface area contributed by atoms with E-state index in [1.165, 1.54) is 4.31 Å². The van der Waals surface area contributed by atoms with Crippen molar-refractivity contribution < 1.29 is 22.7 Å². The standard InChI is InChI=1S/C20H28N4O5S/c1-30(26,27)24-8-7-22(16-19(24)20(25)23-9-12-28-13-10-23)6-3-11-29-18-5-2-4-17(14-18)15-21/h2,4-5,14,19H,3,6-13,16H2,1H3. The largest absolute Gasteiger partial charge is 0.494 e. The fourth-order valence-corrected chi connectivity index (χ4v) is 4.78. The summed E-state index contributed by atoms with van der Waals surface area (Å²) in [7, 11) is -3.47. The molecule has 2 fully saturated rings. The van der Waals surface area contributed by atoms with Gasteiger partial charge in [-0.2, -0.15) is 9.57 Å². The molecule has 1 aromatic rings. The van der Waals surface area contributed by atoms with Crippen LogP contribution in [0.2, 0.25) is 0 Å². The van der Waals surface area contributed by atoms with Crippen LogP contribution < -0.4 is 4.74 Å². The first kappa shape index (κ1) is 22.5.